The van der Waals surface area contributed by atoms with E-state index < -0.39 is 0 Å². The van der Waals surface area contributed by atoms with Crippen molar-refractivity contribution in [1.29, 1.82) is 0 Å². The van der Waals surface area contributed by atoms with Crippen LogP contribution in [0, 0.1) is 0 Å². The van der Waals surface area contributed by atoms with Crippen molar-refractivity contribution in [2.45, 2.75) is 45.1 Å². The molecule has 2 nitrogen and oxygen atoms in total. The molecule has 1 N–H and O–H groups in total. The minimum absolute atomic E-state index is 0.186. The van der Waals surface area contributed by atoms with Crippen molar-refractivity contribution >= 4 is 17.2 Å². The fourth-order valence-electron chi connectivity index (χ4n) is 2.24. The summed E-state index contributed by atoms with van der Waals surface area (Å²) in [5, 5.41) is 3.31. The van der Waals surface area contributed by atoms with Crippen LogP contribution in [0.2, 0.25) is 0 Å². The van der Waals surface area contributed by atoms with Gasteiger partial charge in [-0.2, -0.15) is 0 Å². The maximum absolute atomic E-state index is 5.58. The molecular formula is C16H23NOS. The third-order valence-corrected chi connectivity index (χ3v) is 3.91. The van der Waals surface area contributed by atoms with E-state index in [2.05, 4.69) is 50.4 Å². The molecule has 104 valence electrons. The van der Waals surface area contributed by atoms with Gasteiger partial charge in [-0.25, -0.2) is 0 Å². The molecule has 1 fully saturated rings. The summed E-state index contributed by atoms with van der Waals surface area (Å²) < 4.78 is 5.58. The van der Waals surface area contributed by atoms with Crippen LogP contribution in [0.15, 0.2) is 24.3 Å². The van der Waals surface area contributed by atoms with E-state index in [4.69, 9.17) is 17.0 Å². The highest BCUT2D eigenvalue weighted by Gasteiger charge is 2.16. The summed E-state index contributed by atoms with van der Waals surface area (Å²) in [5.74, 6) is 0. The molecule has 2 rings (SSSR count). The van der Waals surface area contributed by atoms with Gasteiger partial charge in [0.1, 0.15) is 4.99 Å². The largest absolute Gasteiger partial charge is 0.376 e. The van der Waals surface area contributed by atoms with Crippen LogP contribution in [0.4, 0.5) is 0 Å². The van der Waals surface area contributed by atoms with Crippen molar-refractivity contribution in [2.75, 3.05) is 13.2 Å². The van der Waals surface area contributed by atoms with E-state index in [-0.39, 0.29) is 5.41 Å². The molecule has 0 aliphatic carbocycles. The molecule has 0 bridgehead atoms. The molecule has 0 saturated carbocycles. The standard InChI is InChI=1S/C16H23NOS/c1-16(2,3)13-8-6-12(7-9-13)15(19)17-11-14-5-4-10-18-14/h6-9,14H,4-5,10-11H2,1-3H3,(H,17,19)/t14-/m1/s1. The minimum Gasteiger partial charge on any atom is -0.376 e. The Morgan fingerprint density at radius 1 is 1.32 bits per heavy atom. The Hall–Kier alpha value is -0.930. The van der Waals surface area contributed by atoms with Gasteiger partial charge in [0.25, 0.3) is 0 Å². The lowest BCUT2D eigenvalue weighted by Gasteiger charge is -2.19. The van der Waals surface area contributed by atoms with Crippen LogP contribution in [-0.2, 0) is 10.2 Å². The number of hydrogen-bond acceptors (Lipinski definition) is 2. The smallest absolute Gasteiger partial charge is 0.106 e. The Morgan fingerprint density at radius 3 is 2.53 bits per heavy atom. The number of thiocarbonyl (C=S) groups is 1. The van der Waals surface area contributed by atoms with Gasteiger partial charge in [-0.1, -0.05) is 57.3 Å². The summed E-state index contributed by atoms with van der Waals surface area (Å²) >= 11 is 5.43. The first-order valence-electron chi connectivity index (χ1n) is 6.97. The lowest BCUT2D eigenvalue weighted by atomic mass is 9.87. The van der Waals surface area contributed by atoms with Crippen LogP contribution in [-0.4, -0.2) is 24.2 Å². The zero-order valence-corrected chi connectivity index (χ0v) is 12.8. The van der Waals surface area contributed by atoms with Crippen LogP contribution in [0.5, 0.6) is 0 Å². The molecule has 0 unspecified atom stereocenters. The topological polar surface area (TPSA) is 21.3 Å². The SMILES string of the molecule is CC(C)(C)c1ccc(C(=S)NC[C@H]2CCCO2)cc1. The average molecular weight is 277 g/mol. The third-order valence-electron chi connectivity index (χ3n) is 3.53. The summed E-state index contributed by atoms with van der Waals surface area (Å²) in [6.45, 7) is 8.36. The Balaban J connectivity index is 1.92. The fourth-order valence-corrected chi connectivity index (χ4v) is 2.45. The zero-order chi connectivity index (χ0) is 13.9. The molecule has 1 aliphatic heterocycles. The summed E-state index contributed by atoms with van der Waals surface area (Å²) in [5.41, 5.74) is 2.60. The van der Waals surface area contributed by atoms with Crippen molar-refractivity contribution in [3.8, 4) is 0 Å². The van der Waals surface area contributed by atoms with Crippen molar-refractivity contribution in [3.63, 3.8) is 0 Å². The molecule has 0 spiro atoms. The van der Waals surface area contributed by atoms with Crippen LogP contribution in [0.3, 0.4) is 0 Å². The summed E-state index contributed by atoms with van der Waals surface area (Å²) in [6, 6.07) is 8.53. The van der Waals surface area contributed by atoms with E-state index in [1.165, 1.54) is 12.0 Å². The second-order valence-corrected chi connectivity index (χ2v) is 6.58. The van der Waals surface area contributed by atoms with Gasteiger partial charge < -0.3 is 10.1 Å². The molecule has 0 amide bonds. The molecule has 1 aliphatic rings. The van der Waals surface area contributed by atoms with Gasteiger partial charge in [0.15, 0.2) is 0 Å². The van der Waals surface area contributed by atoms with Gasteiger partial charge >= 0.3 is 0 Å². The van der Waals surface area contributed by atoms with Crippen molar-refractivity contribution in [2.24, 2.45) is 0 Å². The van der Waals surface area contributed by atoms with Gasteiger partial charge in [-0.05, 0) is 23.8 Å². The molecule has 1 heterocycles. The van der Waals surface area contributed by atoms with Gasteiger partial charge in [-0.3, -0.25) is 0 Å². The fraction of sp³-hybridized carbons (Fsp3) is 0.562. The first-order chi connectivity index (χ1) is 8.97. The highest BCUT2D eigenvalue weighted by molar-refractivity contribution is 7.80. The highest BCUT2D eigenvalue weighted by atomic mass is 32.1. The quantitative estimate of drug-likeness (QED) is 0.855. The molecule has 1 aromatic rings. The van der Waals surface area contributed by atoms with Crippen LogP contribution in [0.25, 0.3) is 0 Å². The predicted molar refractivity (Wildman–Crippen MR) is 83.8 cm³/mol. The summed E-state index contributed by atoms with van der Waals surface area (Å²) in [4.78, 5) is 0.816. The molecule has 19 heavy (non-hydrogen) atoms. The first-order valence-corrected chi connectivity index (χ1v) is 7.38. The first kappa shape index (κ1) is 14.5. The minimum atomic E-state index is 0.186. The van der Waals surface area contributed by atoms with Gasteiger partial charge in [0.2, 0.25) is 0 Å². The zero-order valence-electron chi connectivity index (χ0n) is 12.0. The second-order valence-electron chi connectivity index (χ2n) is 6.17. The molecule has 1 atom stereocenters. The normalized spacial score (nSPS) is 19.4. The number of benzene rings is 1. The number of ether oxygens (including phenoxy) is 1. The van der Waals surface area contributed by atoms with E-state index in [0.29, 0.717) is 6.10 Å². The molecule has 1 saturated heterocycles. The maximum atomic E-state index is 5.58. The van der Waals surface area contributed by atoms with Crippen LogP contribution < -0.4 is 5.32 Å². The Bertz CT molecular complexity index is 427. The Kier molecular flexibility index (Phi) is 4.58. The number of rotatable bonds is 3. The molecule has 1 aromatic carbocycles. The lowest BCUT2D eigenvalue weighted by Crippen LogP contribution is -2.31. The molecular weight excluding hydrogens is 254 g/mol. The van der Waals surface area contributed by atoms with Crippen molar-refractivity contribution < 1.29 is 4.74 Å². The molecule has 0 radical (unpaired) electrons. The highest BCUT2D eigenvalue weighted by Crippen LogP contribution is 2.22. The predicted octanol–water partition coefficient (Wildman–Crippen LogP) is 3.43. The van der Waals surface area contributed by atoms with E-state index in [9.17, 15) is 0 Å². The second kappa shape index (κ2) is 6.02. The van der Waals surface area contributed by atoms with Gasteiger partial charge in [0, 0.05) is 18.7 Å². The summed E-state index contributed by atoms with van der Waals surface area (Å²) in [7, 11) is 0. The van der Waals surface area contributed by atoms with Crippen molar-refractivity contribution in [3.05, 3.63) is 35.4 Å². The molecule has 3 heteroatoms. The van der Waals surface area contributed by atoms with Gasteiger partial charge in [0.05, 0.1) is 6.10 Å². The monoisotopic (exact) mass is 277 g/mol. The summed E-state index contributed by atoms with van der Waals surface area (Å²) in [6.07, 6.45) is 2.63. The van der Waals surface area contributed by atoms with E-state index in [1.54, 1.807) is 0 Å². The van der Waals surface area contributed by atoms with Gasteiger partial charge in [-0.15, -0.1) is 0 Å². The average Bonchev–Trinajstić information content (AvgIpc) is 2.88. The lowest BCUT2D eigenvalue weighted by molar-refractivity contribution is 0.114. The van der Waals surface area contributed by atoms with E-state index in [1.807, 2.05) is 0 Å². The van der Waals surface area contributed by atoms with Crippen LogP contribution in [0.1, 0.15) is 44.7 Å². The van der Waals surface area contributed by atoms with E-state index >= 15 is 0 Å². The molecule has 0 aromatic heterocycles. The number of nitrogens with one attached hydrogen (secondary N) is 1. The third kappa shape index (κ3) is 4.02. The maximum Gasteiger partial charge on any atom is 0.106 e. The van der Waals surface area contributed by atoms with Crippen molar-refractivity contribution in [1.82, 2.24) is 5.32 Å². The van der Waals surface area contributed by atoms with Crippen LogP contribution >= 0.6 is 12.2 Å². The Morgan fingerprint density at radius 2 is 2.00 bits per heavy atom. The number of hydrogen-bond donors (Lipinski definition) is 1. The Labute approximate surface area is 121 Å². The van der Waals surface area contributed by atoms with E-state index in [0.717, 1.165) is 30.1 Å².